The molecule has 0 saturated heterocycles. The summed E-state index contributed by atoms with van der Waals surface area (Å²) in [6.45, 7) is 2.08. The van der Waals surface area contributed by atoms with Crippen molar-refractivity contribution in [2.45, 2.75) is 19.9 Å². The van der Waals surface area contributed by atoms with Crippen LogP contribution in [0.1, 0.15) is 16.8 Å². The molecule has 7 nitrogen and oxygen atoms in total. The number of pyridine rings is 1. The Hall–Kier alpha value is -3.35. The minimum absolute atomic E-state index is 0.0781. The summed E-state index contributed by atoms with van der Waals surface area (Å²) >= 11 is 0. The van der Waals surface area contributed by atoms with Crippen molar-refractivity contribution in [3.63, 3.8) is 0 Å². The lowest BCUT2D eigenvalue weighted by molar-refractivity contribution is -0.120. The van der Waals surface area contributed by atoms with Crippen LogP contribution in [-0.2, 0) is 17.8 Å². The topological polar surface area (TPSA) is 90.7 Å². The molecule has 3 rings (SSSR count). The van der Waals surface area contributed by atoms with Gasteiger partial charge in [0.05, 0.1) is 38.4 Å². The van der Waals surface area contributed by atoms with Crippen LogP contribution in [0.4, 0.5) is 0 Å². The van der Waals surface area contributed by atoms with Crippen molar-refractivity contribution < 1.29 is 18.7 Å². The summed E-state index contributed by atoms with van der Waals surface area (Å²) < 4.78 is 16.0. The van der Waals surface area contributed by atoms with Crippen molar-refractivity contribution in [2.75, 3.05) is 14.2 Å². The first-order chi connectivity index (χ1) is 13.0. The van der Waals surface area contributed by atoms with E-state index in [0.717, 1.165) is 5.69 Å². The smallest absolute Gasteiger partial charge is 0.340 e. The van der Waals surface area contributed by atoms with Gasteiger partial charge in [0.2, 0.25) is 11.7 Å². The fraction of sp³-hybridized carbons (Fsp3) is 0.250. The molecule has 2 heterocycles. The Balaban J connectivity index is 1.89. The van der Waals surface area contributed by atoms with Gasteiger partial charge >= 0.3 is 5.63 Å². The van der Waals surface area contributed by atoms with Gasteiger partial charge in [-0.3, -0.25) is 9.78 Å². The molecule has 0 unspecified atom stereocenters. The monoisotopic (exact) mass is 368 g/mol. The Morgan fingerprint density at radius 2 is 2.00 bits per heavy atom. The molecule has 140 valence electrons. The number of hydrogen-bond acceptors (Lipinski definition) is 6. The SMILES string of the molecule is COc1ccc2c(C)c(CC(=O)NCc3ccccn3)c(=O)oc2c1OC. The number of aromatic nitrogens is 1. The van der Waals surface area contributed by atoms with Gasteiger partial charge in [-0.2, -0.15) is 0 Å². The van der Waals surface area contributed by atoms with Crippen molar-refractivity contribution >= 4 is 16.9 Å². The maximum atomic E-state index is 12.5. The number of hydrogen-bond donors (Lipinski definition) is 1. The van der Waals surface area contributed by atoms with E-state index in [1.807, 2.05) is 12.1 Å². The molecule has 27 heavy (non-hydrogen) atoms. The van der Waals surface area contributed by atoms with Crippen LogP contribution >= 0.6 is 0 Å². The average Bonchev–Trinajstić information content (AvgIpc) is 2.69. The molecule has 0 aliphatic heterocycles. The Bertz CT molecular complexity index is 1030. The summed E-state index contributed by atoms with van der Waals surface area (Å²) in [5.41, 5.74) is 1.46. The van der Waals surface area contributed by atoms with Crippen molar-refractivity contribution in [1.82, 2.24) is 10.3 Å². The molecule has 0 atom stereocenters. The molecule has 7 heteroatoms. The second-order valence-corrected chi connectivity index (χ2v) is 5.95. The largest absolute Gasteiger partial charge is 0.493 e. The van der Waals surface area contributed by atoms with Crippen LogP contribution in [0, 0.1) is 6.92 Å². The van der Waals surface area contributed by atoms with Crippen molar-refractivity contribution in [2.24, 2.45) is 0 Å². The summed E-state index contributed by atoms with van der Waals surface area (Å²) in [5, 5.41) is 3.46. The number of nitrogens with zero attached hydrogens (tertiary/aromatic N) is 1. The molecule has 1 amide bonds. The molecule has 0 fully saturated rings. The first-order valence-electron chi connectivity index (χ1n) is 8.39. The number of amides is 1. The zero-order chi connectivity index (χ0) is 19.4. The van der Waals surface area contributed by atoms with Gasteiger partial charge in [-0.15, -0.1) is 0 Å². The molecular formula is C20H20N2O5. The second kappa shape index (κ2) is 7.90. The van der Waals surface area contributed by atoms with Crippen LogP contribution in [0.2, 0.25) is 0 Å². The van der Waals surface area contributed by atoms with E-state index in [1.54, 1.807) is 31.3 Å². The van der Waals surface area contributed by atoms with Gasteiger partial charge in [0.15, 0.2) is 11.3 Å². The summed E-state index contributed by atoms with van der Waals surface area (Å²) in [6.07, 6.45) is 1.58. The molecule has 0 bridgehead atoms. The fourth-order valence-electron chi connectivity index (χ4n) is 2.88. The van der Waals surface area contributed by atoms with Gasteiger partial charge in [0.1, 0.15) is 0 Å². The van der Waals surface area contributed by atoms with Crippen LogP contribution in [0.25, 0.3) is 11.0 Å². The number of nitrogens with one attached hydrogen (secondary N) is 1. The van der Waals surface area contributed by atoms with E-state index in [-0.39, 0.29) is 12.3 Å². The third-order valence-corrected chi connectivity index (χ3v) is 4.33. The molecule has 0 radical (unpaired) electrons. The van der Waals surface area contributed by atoms with E-state index in [0.29, 0.717) is 40.1 Å². The summed E-state index contributed by atoms with van der Waals surface area (Å²) in [5.74, 6) is 0.533. The van der Waals surface area contributed by atoms with Gasteiger partial charge in [-0.05, 0) is 36.8 Å². The number of ether oxygens (including phenoxy) is 2. The maximum absolute atomic E-state index is 12.5. The highest BCUT2D eigenvalue weighted by Gasteiger charge is 2.19. The van der Waals surface area contributed by atoms with E-state index in [2.05, 4.69) is 10.3 Å². The highest BCUT2D eigenvalue weighted by molar-refractivity contribution is 5.89. The molecule has 2 aromatic heterocycles. The Kier molecular flexibility index (Phi) is 5.40. The number of rotatable bonds is 6. The molecular weight excluding hydrogens is 348 g/mol. The predicted molar refractivity (Wildman–Crippen MR) is 100 cm³/mol. The zero-order valence-electron chi connectivity index (χ0n) is 15.4. The number of aryl methyl sites for hydroxylation is 1. The van der Waals surface area contributed by atoms with E-state index in [4.69, 9.17) is 13.9 Å². The van der Waals surface area contributed by atoms with Crippen LogP contribution in [0.3, 0.4) is 0 Å². The predicted octanol–water partition coefficient (Wildman–Crippen LogP) is 2.37. The van der Waals surface area contributed by atoms with E-state index < -0.39 is 5.63 Å². The molecule has 0 aliphatic rings. The van der Waals surface area contributed by atoms with E-state index in [9.17, 15) is 9.59 Å². The van der Waals surface area contributed by atoms with Gasteiger partial charge in [-0.1, -0.05) is 6.07 Å². The third-order valence-electron chi connectivity index (χ3n) is 4.33. The quantitative estimate of drug-likeness (QED) is 0.672. The lowest BCUT2D eigenvalue weighted by Crippen LogP contribution is -2.27. The Morgan fingerprint density at radius 3 is 2.67 bits per heavy atom. The second-order valence-electron chi connectivity index (χ2n) is 5.95. The number of carbonyl (C=O) groups is 1. The van der Waals surface area contributed by atoms with Crippen LogP contribution in [-0.4, -0.2) is 25.1 Å². The molecule has 0 aliphatic carbocycles. The number of benzene rings is 1. The minimum atomic E-state index is -0.570. The first kappa shape index (κ1) is 18.4. The molecule has 3 aromatic rings. The zero-order valence-corrected chi connectivity index (χ0v) is 15.4. The first-order valence-corrected chi connectivity index (χ1v) is 8.39. The molecule has 0 spiro atoms. The van der Waals surface area contributed by atoms with Crippen LogP contribution < -0.4 is 20.4 Å². The standard InChI is InChI=1S/C20H20N2O5/c1-12-14-7-8-16(25-2)19(26-3)18(14)27-20(24)15(12)10-17(23)22-11-13-6-4-5-9-21-13/h4-9H,10-11H2,1-3H3,(H,22,23). The number of methoxy groups -OCH3 is 2. The Morgan fingerprint density at radius 1 is 1.19 bits per heavy atom. The number of fused-ring (bicyclic) bond motifs is 1. The van der Waals surface area contributed by atoms with Crippen LogP contribution in [0.5, 0.6) is 11.5 Å². The number of carbonyl (C=O) groups excluding carboxylic acids is 1. The normalized spacial score (nSPS) is 10.6. The molecule has 1 aromatic carbocycles. The lowest BCUT2D eigenvalue weighted by atomic mass is 10.0. The summed E-state index contributed by atoms with van der Waals surface area (Å²) in [4.78, 5) is 28.9. The average molecular weight is 368 g/mol. The highest BCUT2D eigenvalue weighted by atomic mass is 16.5. The van der Waals surface area contributed by atoms with E-state index >= 15 is 0 Å². The van der Waals surface area contributed by atoms with Gasteiger partial charge < -0.3 is 19.2 Å². The Labute approximate surface area is 155 Å². The van der Waals surface area contributed by atoms with Crippen LogP contribution in [0.15, 0.2) is 45.7 Å². The van der Waals surface area contributed by atoms with Crippen molar-refractivity contribution in [1.29, 1.82) is 0 Å². The lowest BCUT2D eigenvalue weighted by Gasteiger charge is -2.12. The van der Waals surface area contributed by atoms with Gasteiger partial charge in [0, 0.05) is 11.6 Å². The highest BCUT2D eigenvalue weighted by Crippen LogP contribution is 2.36. The summed E-state index contributed by atoms with van der Waals surface area (Å²) in [6, 6.07) is 8.98. The molecule has 0 saturated carbocycles. The van der Waals surface area contributed by atoms with Gasteiger partial charge in [-0.25, -0.2) is 4.79 Å². The minimum Gasteiger partial charge on any atom is -0.493 e. The van der Waals surface area contributed by atoms with Crippen molar-refractivity contribution in [3.05, 3.63) is 63.8 Å². The fourth-order valence-corrected chi connectivity index (χ4v) is 2.88. The summed E-state index contributed by atoms with van der Waals surface area (Å²) in [7, 11) is 2.99. The van der Waals surface area contributed by atoms with Crippen molar-refractivity contribution in [3.8, 4) is 11.5 Å². The van der Waals surface area contributed by atoms with E-state index in [1.165, 1.54) is 14.2 Å². The molecule has 1 N–H and O–H groups in total. The third kappa shape index (κ3) is 3.76. The van der Waals surface area contributed by atoms with Gasteiger partial charge in [0.25, 0.3) is 0 Å². The maximum Gasteiger partial charge on any atom is 0.340 e.